The molecule has 1 N–H and O–H groups in total. The summed E-state index contributed by atoms with van der Waals surface area (Å²) >= 11 is 13.0. The highest BCUT2D eigenvalue weighted by Crippen LogP contribution is 2.59. The number of carbonyl (C=O) groups is 2. The Balaban J connectivity index is 1.22. The minimum absolute atomic E-state index is 0.0214. The van der Waals surface area contributed by atoms with Crippen LogP contribution in [0.3, 0.4) is 0 Å². The van der Waals surface area contributed by atoms with E-state index in [1.165, 1.54) is 18.5 Å². The van der Waals surface area contributed by atoms with E-state index in [1.807, 2.05) is 12.1 Å². The Labute approximate surface area is 233 Å². The topological polar surface area (TPSA) is 106 Å². The zero-order chi connectivity index (χ0) is 26.9. The van der Waals surface area contributed by atoms with Crippen LogP contribution in [0.5, 0.6) is 5.75 Å². The molecule has 1 spiro atoms. The van der Waals surface area contributed by atoms with Crippen molar-refractivity contribution >= 4 is 46.5 Å². The maximum absolute atomic E-state index is 13.5. The van der Waals surface area contributed by atoms with Crippen molar-refractivity contribution in [2.45, 2.75) is 43.6 Å². The monoisotopic (exact) mass is 561 g/mol. The number of rotatable bonds is 7. The molecule has 39 heavy (non-hydrogen) atoms. The molecule has 4 aromatic rings. The third-order valence-electron chi connectivity index (χ3n) is 7.67. The van der Waals surface area contributed by atoms with E-state index in [1.54, 1.807) is 29.2 Å². The number of fused-ring (bicyclic) bond motifs is 2. The smallest absolute Gasteiger partial charge is 0.337 e. The van der Waals surface area contributed by atoms with Crippen molar-refractivity contribution in [2.24, 2.45) is 0 Å². The van der Waals surface area contributed by atoms with Gasteiger partial charge in [-0.3, -0.25) is 14.7 Å². The van der Waals surface area contributed by atoms with Crippen LogP contribution in [-0.4, -0.2) is 27.1 Å². The summed E-state index contributed by atoms with van der Waals surface area (Å²) in [6.07, 6.45) is 6.26. The molecular weight excluding hydrogens is 541 g/mol. The lowest BCUT2D eigenvalue weighted by atomic mass is 9.98. The molecule has 3 aliphatic rings. The lowest BCUT2D eigenvalue weighted by molar-refractivity contribution is -0.119. The average Bonchev–Trinajstić information content (AvgIpc) is 3.85. The third kappa shape index (κ3) is 3.89. The number of aromatic nitrogens is 2. The fraction of sp³-hybridized carbons (Fsp3) is 0.241. The van der Waals surface area contributed by atoms with E-state index >= 15 is 0 Å². The second kappa shape index (κ2) is 8.83. The fourth-order valence-electron chi connectivity index (χ4n) is 5.36. The number of carboxylic acids is 1. The van der Waals surface area contributed by atoms with Crippen LogP contribution in [0, 0.1) is 0 Å². The van der Waals surface area contributed by atoms with E-state index in [2.05, 4.69) is 10.1 Å². The third-order valence-corrected chi connectivity index (χ3v) is 8.30. The van der Waals surface area contributed by atoms with Gasteiger partial charge in [-0.25, -0.2) is 4.79 Å². The van der Waals surface area contributed by atoms with E-state index < -0.39 is 11.4 Å². The Hall–Kier alpha value is -3.88. The molecule has 2 saturated carbocycles. The number of carboxylic acid groups (broad SMARTS) is 1. The molecule has 2 aromatic carbocycles. The number of halogens is 2. The SMILES string of the molecule is O=C(O)c1cncc(N2C(=O)C3(CC3)c3cc(OCc4c(-c5c(Cl)cccc5Cl)noc4C4CC4)ccc32)c1. The minimum atomic E-state index is -1.10. The van der Waals surface area contributed by atoms with Crippen LogP contribution in [0.1, 0.15) is 58.8 Å². The van der Waals surface area contributed by atoms with Crippen molar-refractivity contribution < 1.29 is 24.0 Å². The molecule has 0 saturated heterocycles. The van der Waals surface area contributed by atoms with Crippen LogP contribution in [0.15, 0.2) is 59.4 Å². The lowest BCUT2D eigenvalue weighted by Gasteiger charge is -2.18. The largest absolute Gasteiger partial charge is 0.489 e. The average molecular weight is 562 g/mol. The Morgan fingerprint density at radius 2 is 1.90 bits per heavy atom. The Morgan fingerprint density at radius 1 is 1.13 bits per heavy atom. The summed E-state index contributed by atoms with van der Waals surface area (Å²) in [5.41, 5.74) is 3.39. The van der Waals surface area contributed by atoms with Crippen molar-refractivity contribution in [3.63, 3.8) is 0 Å². The lowest BCUT2D eigenvalue weighted by Crippen LogP contribution is -2.28. The van der Waals surface area contributed by atoms with E-state index in [9.17, 15) is 14.7 Å². The van der Waals surface area contributed by atoms with Gasteiger partial charge < -0.3 is 14.4 Å². The second-order valence-corrected chi connectivity index (χ2v) is 11.0. The van der Waals surface area contributed by atoms with Crippen molar-refractivity contribution in [3.8, 4) is 17.0 Å². The molecular formula is C29H21Cl2N3O5. The molecule has 2 fully saturated rings. The van der Waals surface area contributed by atoms with Gasteiger partial charge in [0, 0.05) is 17.7 Å². The molecule has 8 nitrogen and oxygen atoms in total. The first-order chi connectivity index (χ1) is 18.9. The minimum Gasteiger partial charge on any atom is -0.489 e. The quantitative estimate of drug-likeness (QED) is 0.261. The highest BCUT2D eigenvalue weighted by molar-refractivity contribution is 6.39. The van der Waals surface area contributed by atoms with Crippen LogP contribution >= 0.6 is 23.2 Å². The van der Waals surface area contributed by atoms with Crippen molar-refractivity contribution in [1.82, 2.24) is 10.1 Å². The molecule has 0 bridgehead atoms. The standard InChI is InChI=1S/C29H21Cl2N3O5/c30-21-2-1-3-22(31)24(21)25-19(26(39-33-25)15-4-5-15)14-38-18-6-7-23-20(11-18)29(8-9-29)28(37)34(23)17-10-16(27(35)36)12-32-13-17/h1-3,6-7,10-13,15H,4-5,8-9,14H2,(H,35,36). The summed E-state index contributed by atoms with van der Waals surface area (Å²) in [4.78, 5) is 30.6. The Kier molecular flexibility index (Phi) is 5.47. The van der Waals surface area contributed by atoms with E-state index in [0.29, 0.717) is 44.3 Å². The number of aromatic carboxylic acids is 1. The first-order valence-corrected chi connectivity index (χ1v) is 13.4. The number of hydrogen-bond acceptors (Lipinski definition) is 6. The summed E-state index contributed by atoms with van der Waals surface area (Å²) in [6, 6.07) is 12.3. The van der Waals surface area contributed by atoms with Gasteiger partial charge in [-0.15, -0.1) is 0 Å². The molecule has 1 amide bonds. The van der Waals surface area contributed by atoms with Crippen LogP contribution in [0.25, 0.3) is 11.3 Å². The molecule has 7 rings (SSSR count). The van der Waals surface area contributed by atoms with Crippen molar-refractivity contribution in [2.75, 3.05) is 4.90 Å². The maximum Gasteiger partial charge on any atom is 0.337 e. The van der Waals surface area contributed by atoms with Crippen LogP contribution < -0.4 is 9.64 Å². The highest BCUT2D eigenvalue weighted by atomic mass is 35.5. The molecule has 2 aromatic heterocycles. The molecule has 196 valence electrons. The summed E-state index contributed by atoms with van der Waals surface area (Å²) < 4.78 is 12.0. The van der Waals surface area contributed by atoms with Crippen molar-refractivity contribution in [3.05, 3.63) is 87.4 Å². The summed E-state index contributed by atoms with van der Waals surface area (Å²) in [6.45, 7) is 0.195. The van der Waals surface area contributed by atoms with Gasteiger partial charge in [-0.2, -0.15) is 0 Å². The van der Waals surface area contributed by atoms with Gasteiger partial charge in [0.05, 0.1) is 44.2 Å². The maximum atomic E-state index is 13.5. The zero-order valence-corrected chi connectivity index (χ0v) is 22.0. The van der Waals surface area contributed by atoms with Gasteiger partial charge in [0.2, 0.25) is 5.91 Å². The first kappa shape index (κ1) is 24.2. The normalized spacial score (nSPS) is 17.0. The number of ether oxygens (including phenoxy) is 1. The molecule has 10 heteroatoms. The second-order valence-electron chi connectivity index (χ2n) is 10.2. The van der Waals surface area contributed by atoms with Crippen LogP contribution in [0.2, 0.25) is 10.0 Å². The van der Waals surface area contributed by atoms with Gasteiger partial charge >= 0.3 is 5.97 Å². The summed E-state index contributed by atoms with van der Waals surface area (Å²) in [5, 5.41) is 14.7. The first-order valence-electron chi connectivity index (χ1n) is 12.6. The predicted octanol–water partition coefficient (Wildman–Crippen LogP) is 6.91. The number of pyridine rings is 1. The molecule has 3 heterocycles. The van der Waals surface area contributed by atoms with E-state index in [4.69, 9.17) is 32.5 Å². The number of carbonyl (C=O) groups excluding carboxylic acids is 1. The number of amides is 1. The predicted molar refractivity (Wildman–Crippen MR) is 144 cm³/mol. The molecule has 0 unspecified atom stereocenters. The van der Waals surface area contributed by atoms with Gasteiger partial charge in [-0.05, 0) is 67.6 Å². The van der Waals surface area contributed by atoms with Crippen LogP contribution in [-0.2, 0) is 16.8 Å². The summed E-state index contributed by atoms with van der Waals surface area (Å²) in [5.74, 6) is 0.504. The number of hydrogen-bond donors (Lipinski definition) is 1. The molecule has 0 atom stereocenters. The molecule has 1 aliphatic heterocycles. The zero-order valence-electron chi connectivity index (χ0n) is 20.5. The molecule has 0 radical (unpaired) electrons. The van der Waals surface area contributed by atoms with Gasteiger partial charge in [0.1, 0.15) is 23.8 Å². The van der Waals surface area contributed by atoms with Crippen LogP contribution in [0.4, 0.5) is 11.4 Å². The van der Waals surface area contributed by atoms with Crippen molar-refractivity contribution in [1.29, 1.82) is 0 Å². The number of anilines is 2. The highest BCUT2D eigenvalue weighted by Gasteiger charge is 2.59. The van der Waals surface area contributed by atoms with Gasteiger partial charge in [-0.1, -0.05) is 34.4 Å². The van der Waals surface area contributed by atoms with E-state index in [-0.39, 0.29) is 18.1 Å². The van der Waals surface area contributed by atoms with E-state index in [0.717, 1.165) is 42.6 Å². The molecule has 2 aliphatic carbocycles. The Morgan fingerprint density at radius 3 is 2.59 bits per heavy atom. The summed E-state index contributed by atoms with van der Waals surface area (Å²) in [7, 11) is 0. The van der Waals surface area contributed by atoms with Gasteiger partial charge in [0.15, 0.2) is 0 Å². The fourth-order valence-corrected chi connectivity index (χ4v) is 5.93. The number of benzene rings is 2. The van der Waals surface area contributed by atoms with Gasteiger partial charge in [0.25, 0.3) is 0 Å². The number of nitrogens with zero attached hydrogens (tertiary/aromatic N) is 3. The Bertz CT molecular complexity index is 1660.